The van der Waals surface area contributed by atoms with Gasteiger partial charge in [-0.05, 0) is 12.1 Å². The molecule has 0 aliphatic carbocycles. The number of benzene rings is 1. The number of thiazole rings is 1. The highest BCUT2D eigenvalue weighted by Crippen LogP contribution is 2.35. The van der Waals surface area contributed by atoms with Gasteiger partial charge in [0.2, 0.25) is 0 Å². The molecule has 0 saturated carbocycles. The summed E-state index contributed by atoms with van der Waals surface area (Å²) >= 11 is 6.95. The van der Waals surface area contributed by atoms with Gasteiger partial charge in [0.1, 0.15) is 11.1 Å². The summed E-state index contributed by atoms with van der Waals surface area (Å²) < 4.78 is 0. The van der Waals surface area contributed by atoms with Crippen LogP contribution in [0.1, 0.15) is 27.0 Å². The minimum absolute atomic E-state index is 0.0467. The molecule has 0 spiro atoms. The molecule has 0 amide bonds. The van der Waals surface area contributed by atoms with Crippen molar-refractivity contribution in [3.63, 3.8) is 0 Å². The summed E-state index contributed by atoms with van der Waals surface area (Å²) in [6, 6.07) is 2.45. The lowest BCUT2D eigenvalue weighted by molar-refractivity contribution is -0.386. The Balaban J connectivity index is 2.64. The molecule has 0 bridgehead atoms. The second kappa shape index (κ2) is 5.43. The minimum atomic E-state index is -1.29. The Morgan fingerprint density at radius 2 is 2.26 bits per heavy atom. The van der Waals surface area contributed by atoms with E-state index in [4.69, 9.17) is 11.6 Å². The van der Waals surface area contributed by atoms with E-state index in [-0.39, 0.29) is 16.1 Å². The van der Waals surface area contributed by atoms with Gasteiger partial charge in [-0.1, -0.05) is 11.6 Å². The molecular formula is C11H7ClN2O4S. The molecule has 0 fully saturated rings. The number of nitro benzene ring substituents is 1. The number of aliphatic hydroxyl groups excluding tert-OH is 1. The summed E-state index contributed by atoms with van der Waals surface area (Å²) in [7, 11) is 0. The number of aldehydes is 1. The van der Waals surface area contributed by atoms with Gasteiger partial charge in [-0.3, -0.25) is 14.9 Å². The number of aliphatic hydroxyl groups is 1. The van der Waals surface area contributed by atoms with Crippen LogP contribution in [-0.2, 0) is 0 Å². The maximum absolute atomic E-state index is 11.1. The Labute approximate surface area is 116 Å². The van der Waals surface area contributed by atoms with Crippen LogP contribution >= 0.6 is 22.9 Å². The minimum Gasteiger partial charge on any atom is -0.381 e. The Kier molecular flexibility index (Phi) is 3.89. The Hall–Kier alpha value is -1.83. The van der Waals surface area contributed by atoms with Crippen molar-refractivity contribution in [1.29, 1.82) is 0 Å². The smallest absolute Gasteiger partial charge is 0.286 e. The molecule has 2 aromatic rings. The monoisotopic (exact) mass is 298 g/mol. The van der Waals surface area contributed by atoms with Gasteiger partial charge in [-0.2, -0.15) is 0 Å². The van der Waals surface area contributed by atoms with Crippen LogP contribution in [0, 0.1) is 10.1 Å². The largest absolute Gasteiger partial charge is 0.381 e. The fraction of sp³-hybridized carbons (Fsp3) is 0.0909. The molecule has 2 rings (SSSR count). The first-order valence-electron chi connectivity index (χ1n) is 5.05. The molecule has 0 saturated heterocycles. The quantitative estimate of drug-likeness (QED) is 0.532. The maximum atomic E-state index is 11.1. The molecule has 98 valence electrons. The molecule has 0 aliphatic rings. The fourth-order valence-electron chi connectivity index (χ4n) is 1.65. The van der Waals surface area contributed by atoms with Gasteiger partial charge in [0.15, 0.2) is 6.29 Å². The molecular weight excluding hydrogens is 292 g/mol. The average Bonchev–Trinajstić information content (AvgIpc) is 2.90. The number of carbonyl (C=O) groups is 1. The van der Waals surface area contributed by atoms with Crippen LogP contribution in [0.3, 0.4) is 0 Å². The van der Waals surface area contributed by atoms with Crippen LogP contribution < -0.4 is 0 Å². The number of halogens is 1. The van der Waals surface area contributed by atoms with Crippen molar-refractivity contribution in [3.05, 3.63) is 55.0 Å². The predicted molar refractivity (Wildman–Crippen MR) is 69.7 cm³/mol. The molecule has 1 heterocycles. The van der Waals surface area contributed by atoms with Crippen LogP contribution in [0.15, 0.2) is 23.7 Å². The summed E-state index contributed by atoms with van der Waals surface area (Å²) in [6.07, 6.45) is 0.514. The van der Waals surface area contributed by atoms with Crippen LogP contribution in [-0.4, -0.2) is 21.3 Å². The highest BCUT2D eigenvalue weighted by Gasteiger charge is 2.27. The van der Waals surface area contributed by atoms with E-state index >= 15 is 0 Å². The predicted octanol–water partition coefficient (Wildman–Crippen LogP) is 2.60. The Morgan fingerprint density at radius 3 is 2.79 bits per heavy atom. The summed E-state index contributed by atoms with van der Waals surface area (Å²) in [4.78, 5) is 25.1. The third-order valence-electron chi connectivity index (χ3n) is 2.42. The molecule has 6 nitrogen and oxygen atoms in total. The lowest BCUT2D eigenvalue weighted by Crippen LogP contribution is -2.06. The number of hydrogen-bond donors (Lipinski definition) is 1. The highest BCUT2D eigenvalue weighted by atomic mass is 35.5. The Bertz CT molecular complexity index is 630. The van der Waals surface area contributed by atoms with Gasteiger partial charge in [0, 0.05) is 16.6 Å². The molecule has 1 atom stereocenters. The lowest BCUT2D eigenvalue weighted by Gasteiger charge is -2.10. The zero-order valence-corrected chi connectivity index (χ0v) is 10.9. The molecule has 19 heavy (non-hydrogen) atoms. The van der Waals surface area contributed by atoms with Gasteiger partial charge < -0.3 is 5.11 Å². The van der Waals surface area contributed by atoms with Gasteiger partial charge in [0.05, 0.1) is 16.1 Å². The molecule has 8 heteroatoms. The van der Waals surface area contributed by atoms with Gasteiger partial charge >= 0.3 is 0 Å². The van der Waals surface area contributed by atoms with E-state index in [0.29, 0.717) is 11.3 Å². The molecule has 1 unspecified atom stereocenters. The van der Waals surface area contributed by atoms with E-state index in [1.165, 1.54) is 18.3 Å². The molecule has 1 aromatic heterocycles. The van der Waals surface area contributed by atoms with Crippen molar-refractivity contribution >= 4 is 34.9 Å². The van der Waals surface area contributed by atoms with Crippen molar-refractivity contribution in [2.24, 2.45) is 0 Å². The Morgan fingerprint density at radius 1 is 1.53 bits per heavy atom. The second-order valence-corrected chi connectivity index (χ2v) is 4.94. The van der Waals surface area contributed by atoms with E-state index in [1.54, 1.807) is 5.38 Å². The topological polar surface area (TPSA) is 93.3 Å². The first kappa shape index (κ1) is 13.6. The summed E-state index contributed by atoms with van der Waals surface area (Å²) in [5, 5.41) is 23.3. The van der Waals surface area contributed by atoms with E-state index in [2.05, 4.69) is 4.98 Å². The first-order chi connectivity index (χ1) is 9.04. The van der Waals surface area contributed by atoms with Crippen molar-refractivity contribution in [3.8, 4) is 0 Å². The van der Waals surface area contributed by atoms with Crippen LogP contribution in [0.4, 0.5) is 5.69 Å². The first-order valence-corrected chi connectivity index (χ1v) is 6.30. The second-order valence-electron chi connectivity index (χ2n) is 3.58. The normalized spacial score (nSPS) is 12.1. The van der Waals surface area contributed by atoms with Crippen molar-refractivity contribution < 1.29 is 14.8 Å². The number of hydrogen-bond acceptors (Lipinski definition) is 6. The SMILES string of the molecule is O=Cc1cc(Cl)cc(C(O)c2nccs2)c1[N+](=O)[O-]. The van der Waals surface area contributed by atoms with E-state index < -0.39 is 16.7 Å². The van der Waals surface area contributed by atoms with Gasteiger partial charge in [0.25, 0.3) is 5.69 Å². The highest BCUT2D eigenvalue weighted by molar-refractivity contribution is 7.09. The average molecular weight is 299 g/mol. The molecule has 1 aromatic carbocycles. The zero-order chi connectivity index (χ0) is 14.0. The lowest BCUT2D eigenvalue weighted by atomic mass is 10.0. The third-order valence-corrected chi connectivity index (χ3v) is 3.47. The van der Waals surface area contributed by atoms with Crippen molar-refractivity contribution in [2.45, 2.75) is 6.10 Å². The molecule has 0 aliphatic heterocycles. The standard InChI is InChI=1S/C11H7ClN2O4S/c12-7-3-6(5-15)9(14(17)18)8(4-7)10(16)11-13-1-2-19-11/h1-5,10,16H. The molecule has 1 N–H and O–H groups in total. The fourth-order valence-corrected chi connectivity index (χ4v) is 2.53. The van der Waals surface area contributed by atoms with Gasteiger partial charge in [-0.15, -0.1) is 11.3 Å². The molecule has 0 radical (unpaired) electrons. The number of rotatable bonds is 4. The third kappa shape index (κ3) is 2.62. The number of aromatic nitrogens is 1. The zero-order valence-electron chi connectivity index (χ0n) is 9.32. The van der Waals surface area contributed by atoms with E-state index in [0.717, 1.165) is 11.3 Å². The maximum Gasteiger partial charge on any atom is 0.286 e. The van der Waals surface area contributed by atoms with Crippen molar-refractivity contribution in [1.82, 2.24) is 4.98 Å². The van der Waals surface area contributed by atoms with Crippen LogP contribution in [0.2, 0.25) is 5.02 Å². The van der Waals surface area contributed by atoms with Gasteiger partial charge in [-0.25, -0.2) is 4.98 Å². The van der Waals surface area contributed by atoms with E-state index in [9.17, 15) is 20.0 Å². The summed E-state index contributed by atoms with van der Waals surface area (Å²) in [5.41, 5.74) is -0.681. The van der Waals surface area contributed by atoms with Crippen molar-refractivity contribution in [2.75, 3.05) is 0 Å². The summed E-state index contributed by atoms with van der Waals surface area (Å²) in [6.45, 7) is 0. The van der Waals surface area contributed by atoms with E-state index in [1.807, 2.05) is 0 Å². The van der Waals surface area contributed by atoms with Crippen LogP contribution in [0.25, 0.3) is 0 Å². The number of carbonyl (C=O) groups excluding carboxylic acids is 1. The number of nitrogens with zero attached hydrogens (tertiary/aromatic N) is 2. The van der Waals surface area contributed by atoms with Crippen LogP contribution in [0.5, 0.6) is 0 Å². The summed E-state index contributed by atoms with van der Waals surface area (Å²) in [5.74, 6) is 0. The number of nitro groups is 1.